The Morgan fingerprint density at radius 1 is 1.40 bits per heavy atom. The number of rotatable bonds is 7. The first-order valence-corrected chi connectivity index (χ1v) is 6.79. The van der Waals surface area contributed by atoms with Crippen molar-refractivity contribution in [3.05, 3.63) is 29.3 Å². The van der Waals surface area contributed by atoms with Crippen LogP contribution in [0.1, 0.15) is 26.7 Å². The van der Waals surface area contributed by atoms with Gasteiger partial charge in [0.15, 0.2) is 0 Å². The Labute approximate surface area is 131 Å². The Balaban J connectivity index is 0.00000361. The second kappa shape index (κ2) is 9.06. The predicted octanol–water partition coefficient (Wildman–Crippen LogP) is 2.77. The summed E-state index contributed by atoms with van der Waals surface area (Å²) < 4.78 is 5.47. The molecule has 20 heavy (non-hydrogen) atoms. The van der Waals surface area contributed by atoms with Gasteiger partial charge in [0.1, 0.15) is 12.4 Å². The molecule has 1 aromatic rings. The third-order valence-electron chi connectivity index (χ3n) is 2.76. The minimum Gasteiger partial charge on any atom is -0.492 e. The average Bonchev–Trinajstić information content (AvgIpc) is 2.36. The van der Waals surface area contributed by atoms with Gasteiger partial charge in [-0.25, -0.2) is 0 Å². The highest BCUT2D eigenvalue weighted by atomic mass is 35.5. The number of halogens is 2. The van der Waals surface area contributed by atoms with Crippen LogP contribution in [0.3, 0.4) is 0 Å². The molecule has 1 unspecified atom stereocenters. The SMILES string of the molecule is CCCC(C)(N)C(=O)NCCOc1ccc(Cl)cc1.Cl. The topological polar surface area (TPSA) is 64.4 Å². The molecule has 114 valence electrons. The van der Waals surface area contributed by atoms with Gasteiger partial charge < -0.3 is 15.8 Å². The zero-order chi connectivity index (χ0) is 14.3. The molecule has 0 fully saturated rings. The van der Waals surface area contributed by atoms with Crippen LogP contribution in [-0.2, 0) is 4.79 Å². The van der Waals surface area contributed by atoms with Crippen molar-refractivity contribution in [1.29, 1.82) is 0 Å². The number of amides is 1. The number of nitrogens with one attached hydrogen (secondary N) is 1. The molecule has 0 spiro atoms. The van der Waals surface area contributed by atoms with Gasteiger partial charge in [-0.2, -0.15) is 0 Å². The average molecular weight is 321 g/mol. The van der Waals surface area contributed by atoms with Crippen LogP contribution >= 0.6 is 24.0 Å². The van der Waals surface area contributed by atoms with Crippen molar-refractivity contribution in [2.24, 2.45) is 5.73 Å². The Morgan fingerprint density at radius 2 is 2.00 bits per heavy atom. The summed E-state index contributed by atoms with van der Waals surface area (Å²) in [5, 5.41) is 3.44. The fourth-order valence-electron chi connectivity index (χ4n) is 1.70. The smallest absolute Gasteiger partial charge is 0.239 e. The number of carbonyl (C=O) groups is 1. The molecule has 1 atom stereocenters. The lowest BCUT2D eigenvalue weighted by Crippen LogP contribution is -2.52. The molecule has 0 bridgehead atoms. The molecule has 3 N–H and O–H groups in total. The molecule has 0 saturated heterocycles. The van der Waals surface area contributed by atoms with Crippen molar-refractivity contribution in [1.82, 2.24) is 5.32 Å². The molecule has 0 aliphatic rings. The number of hydrogen-bond donors (Lipinski definition) is 2. The number of hydrogen-bond acceptors (Lipinski definition) is 3. The van der Waals surface area contributed by atoms with E-state index in [1.165, 1.54) is 0 Å². The Morgan fingerprint density at radius 3 is 2.55 bits per heavy atom. The fourth-order valence-corrected chi connectivity index (χ4v) is 1.83. The summed E-state index contributed by atoms with van der Waals surface area (Å²) in [5.41, 5.74) is 5.10. The summed E-state index contributed by atoms with van der Waals surface area (Å²) >= 11 is 5.77. The molecule has 0 radical (unpaired) electrons. The van der Waals surface area contributed by atoms with E-state index in [2.05, 4.69) is 5.32 Å². The van der Waals surface area contributed by atoms with Crippen LogP contribution in [0.4, 0.5) is 0 Å². The Hall–Kier alpha value is -0.970. The highest BCUT2D eigenvalue weighted by Crippen LogP contribution is 2.15. The van der Waals surface area contributed by atoms with E-state index in [1.807, 2.05) is 6.92 Å². The van der Waals surface area contributed by atoms with Gasteiger partial charge in [0.25, 0.3) is 0 Å². The van der Waals surface area contributed by atoms with E-state index < -0.39 is 5.54 Å². The van der Waals surface area contributed by atoms with Crippen LogP contribution in [0.5, 0.6) is 5.75 Å². The van der Waals surface area contributed by atoms with Crippen molar-refractivity contribution < 1.29 is 9.53 Å². The van der Waals surface area contributed by atoms with E-state index in [4.69, 9.17) is 22.1 Å². The minimum atomic E-state index is -0.810. The maximum absolute atomic E-state index is 11.8. The van der Waals surface area contributed by atoms with Gasteiger partial charge in [-0.3, -0.25) is 4.79 Å². The van der Waals surface area contributed by atoms with Gasteiger partial charge >= 0.3 is 0 Å². The van der Waals surface area contributed by atoms with Crippen LogP contribution in [0, 0.1) is 0 Å². The van der Waals surface area contributed by atoms with E-state index in [-0.39, 0.29) is 18.3 Å². The molecular weight excluding hydrogens is 299 g/mol. The Kier molecular flexibility index (Phi) is 8.62. The lowest BCUT2D eigenvalue weighted by atomic mass is 9.97. The van der Waals surface area contributed by atoms with Crippen LogP contribution in [0.2, 0.25) is 5.02 Å². The van der Waals surface area contributed by atoms with Gasteiger partial charge in [0, 0.05) is 5.02 Å². The third kappa shape index (κ3) is 6.46. The number of ether oxygens (including phenoxy) is 1. The van der Waals surface area contributed by atoms with Gasteiger partial charge in [-0.1, -0.05) is 24.9 Å². The first kappa shape index (κ1) is 19.0. The maximum Gasteiger partial charge on any atom is 0.239 e. The molecule has 0 heterocycles. The molecule has 6 heteroatoms. The first-order chi connectivity index (χ1) is 8.95. The molecule has 0 aromatic heterocycles. The van der Waals surface area contributed by atoms with Crippen LogP contribution in [0.25, 0.3) is 0 Å². The number of carbonyl (C=O) groups excluding carboxylic acids is 1. The summed E-state index contributed by atoms with van der Waals surface area (Å²) in [5.74, 6) is 0.580. The highest BCUT2D eigenvalue weighted by molar-refractivity contribution is 6.30. The van der Waals surface area contributed by atoms with Crippen molar-refractivity contribution in [3.8, 4) is 5.75 Å². The van der Waals surface area contributed by atoms with Crippen molar-refractivity contribution in [2.45, 2.75) is 32.2 Å². The quantitative estimate of drug-likeness (QED) is 0.759. The standard InChI is InChI=1S/C14H21ClN2O2.ClH/c1-3-8-14(2,16)13(18)17-9-10-19-12-6-4-11(15)5-7-12;/h4-7H,3,8-10,16H2,1-2H3,(H,17,18);1H. The molecule has 1 rings (SSSR count). The molecule has 4 nitrogen and oxygen atoms in total. The molecule has 0 aliphatic heterocycles. The summed E-state index contributed by atoms with van der Waals surface area (Å²) in [7, 11) is 0. The van der Waals surface area contributed by atoms with Crippen molar-refractivity contribution in [3.63, 3.8) is 0 Å². The normalized spacial score (nSPS) is 13.0. The van der Waals surface area contributed by atoms with Crippen LogP contribution in [-0.4, -0.2) is 24.6 Å². The fraction of sp³-hybridized carbons (Fsp3) is 0.500. The van der Waals surface area contributed by atoms with Gasteiger partial charge in [0.05, 0.1) is 12.1 Å². The van der Waals surface area contributed by atoms with E-state index >= 15 is 0 Å². The van der Waals surface area contributed by atoms with Crippen LogP contribution < -0.4 is 15.8 Å². The third-order valence-corrected chi connectivity index (χ3v) is 3.01. The van der Waals surface area contributed by atoms with Crippen molar-refractivity contribution >= 4 is 29.9 Å². The van der Waals surface area contributed by atoms with Gasteiger partial charge in [-0.05, 0) is 37.6 Å². The van der Waals surface area contributed by atoms with E-state index in [0.29, 0.717) is 24.6 Å². The zero-order valence-electron chi connectivity index (χ0n) is 11.8. The maximum atomic E-state index is 11.8. The zero-order valence-corrected chi connectivity index (χ0v) is 13.4. The molecule has 0 aliphatic carbocycles. The van der Waals surface area contributed by atoms with Crippen LogP contribution in [0.15, 0.2) is 24.3 Å². The summed E-state index contributed by atoms with van der Waals surface area (Å²) in [6.45, 7) is 4.57. The lowest BCUT2D eigenvalue weighted by molar-refractivity contribution is -0.126. The predicted molar refractivity (Wildman–Crippen MR) is 84.7 cm³/mol. The van der Waals surface area contributed by atoms with E-state index in [9.17, 15) is 4.79 Å². The van der Waals surface area contributed by atoms with Crippen molar-refractivity contribution in [2.75, 3.05) is 13.2 Å². The largest absolute Gasteiger partial charge is 0.492 e. The monoisotopic (exact) mass is 320 g/mol. The highest BCUT2D eigenvalue weighted by Gasteiger charge is 2.26. The van der Waals surface area contributed by atoms with E-state index in [1.54, 1.807) is 31.2 Å². The number of nitrogens with two attached hydrogens (primary N) is 1. The number of benzene rings is 1. The Bertz CT molecular complexity index is 408. The minimum absolute atomic E-state index is 0. The summed E-state index contributed by atoms with van der Waals surface area (Å²) in [4.78, 5) is 11.8. The molecule has 1 amide bonds. The molecule has 0 saturated carbocycles. The molecule has 1 aromatic carbocycles. The summed E-state index contributed by atoms with van der Waals surface area (Å²) in [6.07, 6.45) is 1.54. The van der Waals surface area contributed by atoms with Gasteiger partial charge in [0.2, 0.25) is 5.91 Å². The lowest BCUT2D eigenvalue weighted by Gasteiger charge is -2.22. The van der Waals surface area contributed by atoms with E-state index in [0.717, 1.165) is 12.2 Å². The second-order valence-corrected chi connectivity index (χ2v) is 5.16. The van der Waals surface area contributed by atoms with Gasteiger partial charge in [-0.15, -0.1) is 12.4 Å². The first-order valence-electron chi connectivity index (χ1n) is 6.41. The summed E-state index contributed by atoms with van der Waals surface area (Å²) in [6, 6.07) is 7.09. The molecular formula is C14H22Cl2N2O2. The second-order valence-electron chi connectivity index (χ2n) is 4.73.